The van der Waals surface area contributed by atoms with Gasteiger partial charge in [-0.15, -0.1) is 11.6 Å². The molecule has 1 aliphatic heterocycles. The van der Waals surface area contributed by atoms with Crippen LogP contribution in [0.4, 0.5) is 0 Å². The minimum Gasteiger partial charge on any atom is -0.489 e. The molecule has 2 heterocycles. The van der Waals surface area contributed by atoms with Crippen LogP contribution < -0.4 is 4.74 Å². The fourth-order valence-electron chi connectivity index (χ4n) is 2.88. The number of para-hydroxylation sites is 1. The van der Waals surface area contributed by atoms with Crippen molar-refractivity contribution in [3.05, 3.63) is 24.0 Å². The first kappa shape index (κ1) is 15.0. The number of halogens is 1. The second-order valence-electron chi connectivity index (χ2n) is 5.64. The Kier molecular flexibility index (Phi) is 4.65. The molecule has 1 aliphatic rings. The van der Waals surface area contributed by atoms with Crippen LogP contribution in [-0.2, 0) is 6.42 Å². The molecule has 0 saturated carbocycles. The number of hydrogen-bond donors (Lipinski definition) is 0. The lowest BCUT2D eigenvalue weighted by atomic mass is 10.2. The Morgan fingerprint density at radius 1 is 1.48 bits per heavy atom. The molecule has 0 radical (unpaired) electrons. The van der Waals surface area contributed by atoms with Crippen molar-refractivity contribution in [1.82, 2.24) is 9.55 Å². The highest BCUT2D eigenvalue weighted by Crippen LogP contribution is 2.35. The molecular weight excluding hydrogens is 304 g/mol. The van der Waals surface area contributed by atoms with Crippen LogP contribution in [0.3, 0.4) is 0 Å². The molecule has 2 aromatic rings. The van der Waals surface area contributed by atoms with E-state index in [1.165, 1.54) is 17.7 Å². The minimum absolute atomic E-state index is 0.152. The van der Waals surface area contributed by atoms with Crippen molar-refractivity contribution in [2.24, 2.45) is 0 Å². The molecule has 21 heavy (non-hydrogen) atoms. The Labute approximate surface area is 135 Å². The van der Waals surface area contributed by atoms with Gasteiger partial charge in [-0.2, -0.15) is 11.8 Å². The summed E-state index contributed by atoms with van der Waals surface area (Å²) in [5.41, 5.74) is 2.16. The predicted molar refractivity (Wildman–Crippen MR) is 90.9 cm³/mol. The molecule has 1 atom stereocenters. The molecule has 1 aromatic heterocycles. The molecule has 114 valence electrons. The molecule has 0 N–H and O–H groups in total. The zero-order valence-corrected chi connectivity index (χ0v) is 14.1. The largest absolute Gasteiger partial charge is 0.489 e. The normalized spacial score (nSPS) is 18.8. The second-order valence-corrected chi connectivity index (χ2v) is 7.17. The Bertz CT molecular complexity index is 620. The van der Waals surface area contributed by atoms with Gasteiger partial charge >= 0.3 is 0 Å². The van der Waals surface area contributed by atoms with Crippen molar-refractivity contribution in [1.29, 1.82) is 0 Å². The van der Waals surface area contributed by atoms with Crippen LogP contribution in [0.5, 0.6) is 5.75 Å². The fourth-order valence-corrected chi connectivity index (χ4v) is 4.24. The molecular formula is C16H21ClN2OS. The lowest BCUT2D eigenvalue weighted by Crippen LogP contribution is -2.12. The van der Waals surface area contributed by atoms with Gasteiger partial charge in [0, 0.05) is 24.1 Å². The standard InChI is InChI=1S/C16H21ClN2OS/c1-11(2)20-14-5-3-4-13-16(14)18-15(6-8-17)19(13)12-7-9-21-10-12/h3-5,11-12H,6-10H2,1-2H3. The summed E-state index contributed by atoms with van der Waals surface area (Å²) >= 11 is 7.99. The van der Waals surface area contributed by atoms with Crippen molar-refractivity contribution in [3.63, 3.8) is 0 Å². The number of fused-ring (bicyclic) bond motifs is 1. The van der Waals surface area contributed by atoms with E-state index in [1.54, 1.807) is 0 Å². The molecule has 3 nitrogen and oxygen atoms in total. The van der Waals surface area contributed by atoms with Gasteiger partial charge in [0.1, 0.15) is 17.1 Å². The first-order chi connectivity index (χ1) is 10.2. The van der Waals surface area contributed by atoms with Crippen LogP contribution in [0.15, 0.2) is 18.2 Å². The van der Waals surface area contributed by atoms with Gasteiger partial charge in [-0.25, -0.2) is 4.98 Å². The van der Waals surface area contributed by atoms with Crippen LogP contribution in [0, 0.1) is 0 Å². The van der Waals surface area contributed by atoms with E-state index in [2.05, 4.69) is 16.7 Å². The summed E-state index contributed by atoms with van der Waals surface area (Å²) in [7, 11) is 0. The Morgan fingerprint density at radius 2 is 2.33 bits per heavy atom. The highest BCUT2D eigenvalue weighted by atomic mass is 35.5. The van der Waals surface area contributed by atoms with Crippen molar-refractivity contribution in [3.8, 4) is 5.75 Å². The molecule has 0 bridgehead atoms. The summed E-state index contributed by atoms with van der Waals surface area (Å²) in [5, 5.41) is 0. The molecule has 0 spiro atoms. The third kappa shape index (κ3) is 3.02. The highest BCUT2D eigenvalue weighted by molar-refractivity contribution is 7.99. The number of aryl methyl sites for hydroxylation is 1. The monoisotopic (exact) mass is 324 g/mol. The molecule has 1 aromatic carbocycles. The smallest absolute Gasteiger partial charge is 0.147 e. The average Bonchev–Trinajstić information content (AvgIpc) is 3.05. The second kappa shape index (κ2) is 6.49. The van der Waals surface area contributed by atoms with Crippen LogP contribution in [-0.4, -0.2) is 33.0 Å². The highest BCUT2D eigenvalue weighted by Gasteiger charge is 2.24. The number of nitrogens with zero attached hydrogens (tertiary/aromatic N) is 2. The lowest BCUT2D eigenvalue weighted by Gasteiger charge is -2.15. The van der Waals surface area contributed by atoms with E-state index in [1.807, 2.05) is 31.7 Å². The summed E-state index contributed by atoms with van der Waals surface area (Å²) in [4.78, 5) is 4.84. The van der Waals surface area contributed by atoms with Gasteiger partial charge in [-0.3, -0.25) is 0 Å². The molecule has 0 aliphatic carbocycles. The number of imidazole rings is 1. The Morgan fingerprint density at radius 3 is 3.00 bits per heavy atom. The number of hydrogen-bond acceptors (Lipinski definition) is 3. The van der Waals surface area contributed by atoms with E-state index < -0.39 is 0 Å². The van der Waals surface area contributed by atoms with Gasteiger partial charge in [0.05, 0.1) is 11.6 Å². The summed E-state index contributed by atoms with van der Waals surface area (Å²) in [6, 6.07) is 6.75. The molecule has 1 unspecified atom stereocenters. The van der Waals surface area contributed by atoms with E-state index in [4.69, 9.17) is 21.3 Å². The van der Waals surface area contributed by atoms with Gasteiger partial charge in [0.2, 0.25) is 0 Å². The number of aromatic nitrogens is 2. The van der Waals surface area contributed by atoms with Crippen molar-refractivity contribution < 1.29 is 4.74 Å². The zero-order valence-electron chi connectivity index (χ0n) is 12.5. The van der Waals surface area contributed by atoms with E-state index in [0.29, 0.717) is 11.9 Å². The minimum atomic E-state index is 0.152. The summed E-state index contributed by atoms with van der Waals surface area (Å²) < 4.78 is 8.32. The van der Waals surface area contributed by atoms with Gasteiger partial charge in [0.25, 0.3) is 0 Å². The molecule has 0 amide bonds. The van der Waals surface area contributed by atoms with E-state index >= 15 is 0 Å². The molecule has 3 rings (SSSR count). The number of rotatable bonds is 5. The van der Waals surface area contributed by atoms with Crippen LogP contribution >= 0.6 is 23.4 Å². The maximum absolute atomic E-state index is 5.98. The fraction of sp³-hybridized carbons (Fsp3) is 0.562. The zero-order chi connectivity index (χ0) is 14.8. The quantitative estimate of drug-likeness (QED) is 0.768. The summed E-state index contributed by atoms with van der Waals surface area (Å²) in [5.74, 6) is 4.96. The summed E-state index contributed by atoms with van der Waals surface area (Å²) in [6.07, 6.45) is 2.17. The van der Waals surface area contributed by atoms with E-state index in [-0.39, 0.29) is 6.10 Å². The summed E-state index contributed by atoms with van der Waals surface area (Å²) in [6.45, 7) is 4.09. The van der Waals surface area contributed by atoms with Gasteiger partial charge in [-0.05, 0) is 38.2 Å². The Hall–Kier alpha value is -0.870. The van der Waals surface area contributed by atoms with Gasteiger partial charge < -0.3 is 9.30 Å². The molecule has 1 fully saturated rings. The third-order valence-corrected chi connectivity index (χ3v) is 5.04. The number of ether oxygens (including phenoxy) is 1. The van der Waals surface area contributed by atoms with Crippen LogP contribution in [0.25, 0.3) is 11.0 Å². The average molecular weight is 325 g/mol. The first-order valence-corrected chi connectivity index (χ1v) is 9.20. The van der Waals surface area contributed by atoms with Crippen molar-refractivity contribution >= 4 is 34.4 Å². The van der Waals surface area contributed by atoms with Crippen LogP contribution in [0.2, 0.25) is 0 Å². The molecule has 1 saturated heterocycles. The predicted octanol–water partition coefficient (Wildman–Crippen LogP) is 4.28. The topological polar surface area (TPSA) is 27.1 Å². The van der Waals surface area contributed by atoms with E-state index in [9.17, 15) is 0 Å². The van der Waals surface area contributed by atoms with Crippen molar-refractivity contribution in [2.45, 2.75) is 38.8 Å². The van der Waals surface area contributed by atoms with Gasteiger partial charge in [-0.1, -0.05) is 6.07 Å². The van der Waals surface area contributed by atoms with Crippen LogP contribution in [0.1, 0.15) is 32.1 Å². The number of alkyl halides is 1. The maximum atomic E-state index is 5.98. The van der Waals surface area contributed by atoms with Gasteiger partial charge in [0.15, 0.2) is 0 Å². The number of benzene rings is 1. The van der Waals surface area contributed by atoms with Crippen molar-refractivity contribution in [2.75, 3.05) is 17.4 Å². The molecule has 5 heteroatoms. The van der Waals surface area contributed by atoms with E-state index in [0.717, 1.165) is 29.3 Å². The maximum Gasteiger partial charge on any atom is 0.147 e. The Balaban J connectivity index is 2.12. The lowest BCUT2D eigenvalue weighted by molar-refractivity contribution is 0.245. The first-order valence-electron chi connectivity index (χ1n) is 7.51. The number of thioether (sulfide) groups is 1. The SMILES string of the molecule is CC(C)Oc1cccc2c1nc(CCCl)n2C1CCSC1. The third-order valence-electron chi connectivity index (χ3n) is 3.71.